The number of hydrogen-bond donors (Lipinski definition) is 0. The highest BCUT2D eigenvalue weighted by Crippen LogP contribution is 2.34. The standard InChI is InChI=1S/C37H23N5/c38-24-25-11-9-17-29(21-25)35-36(40-32-20-8-7-19-31(32)39-35)30-18-10-16-28(22-30)34-23-33(26-12-3-1-4-13-26)41-37(42-34)27-14-5-2-6-15-27/h1-23H. The molecule has 7 aromatic rings. The van der Waals surface area contributed by atoms with Crippen LogP contribution in [0.4, 0.5) is 0 Å². The third kappa shape index (κ3) is 4.90. The first kappa shape index (κ1) is 25.0. The first-order valence-corrected chi connectivity index (χ1v) is 13.6. The molecule has 2 aromatic heterocycles. The van der Waals surface area contributed by atoms with Gasteiger partial charge in [0.15, 0.2) is 5.82 Å². The molecule has 0 bridgehead atoms. The van der Waals surface area contributed by atoms with Gasteiger partial charge in [0.2, 0.25) is 0 Å². The van der Waals surface area contributed by atoms with Crippen molar-refractivity contribution < 1.29 is 0 Å². The van der Waals surface area contributed by atoms with E-state index in [1.165, 1.54) is 0 Å². The minimum atomic E-state index is 0.574. The Morgan fingerprint density at radius 1 is 0.405 bits per heavy atom. The fraction of sp³-hybridized carbons (Fsp3) is 0. The van der Waals surface area contributed by atoms with Crippen molar-refractivity contribution in [2.24, 2.45) is 0 Å². The fourth-order valence-corrected chi connectivity index (χ4v) is 5.03. The zero-order chi connectivity index (χ0) is 28.3. The first-order valence-electron chi connectivity index (χ1n) is 13.6. The van der Waals surface area contributed by atoms with Crippen molar-refractivity contribution >= 4 is 11.0 Å². The van der Waals surface area contributed by atoms with Crippen molar-refractivity contribution in [3.63, 3.8) is 0 Å². The van der Waals surface area contributed by atoms with Crippen LogP contribution in [0.3, 0.4) is 0 Å². The van der Waals surface area contributed by atoms with Gasteiger partial charge in [-0.25, -0.2) is 19.9 Å². The average Bonchev–Trinajstić information content (AvgIpc) is 3.08. The summed E-state index contributed by atoms with van der Waals surface area (Å²) in [7, 11) is 0. The maximum Gasteiger partial charge on any atom is 0.160 e. The van der Waals surface area contributed by atoms with Gasteiger partial charge in [0.1, 0.15) is 0 Å². The molecule has 0 amide bonds. The molecule has 196 valence electrons. The summed E-state index contributed by atoms with van der Waals surface area (Å²) in [6.45, 7) is 0. The number of aromatic nitrogens is 4. The van der Waals surface area contributed by atoms with Gasteiger partial charge in [-0.15, -0.1) is 0 Å². The molecule has 0 aliphatic carbocycles. The monoisotopic (exact) mass is 537 g/mol. The topological polar surface area (TPSA) is 75.3 Å². The Hall–Kier alpha value is -5.99. The predicted octanol–water partition coefficient (Wildman–Crippen LogP) is 8.63. The fourth-order valence-electron chi connectivity index (χ4n) is 5.03. The van der Waals surface area contributed by atoms with Gasteiger partial charge in [-0.2, -0.15) is 5.26 Å². The molecule has 0 aliphatic heterocycles. The smallest absolute Gasteiger partial charge is 0.160 e. The van der Waals surface area contributed by atoms with Gasteiger partial charge in [0, 0.05) is 27.8 Å². The SMILES string of the molecule is N#Cc1cccc(-c2nc3ccccc3nc2-c2cccc(-c3cc(-c4ccccc4)nc(-c4ccccc4)n3)c2)c1. The number of benzene rings is 5. The van der Waals surface area contributed by atoms with E-state index in [4.69, 9.17) is 19.9 Å². The molecule has 7 rings (SSSR count). The Morgan fingerprint density at radius 2 is 0.905 bits per heavy atom. The van der Waals surface area contributed by atoms with Crippen molar-refractivity contribution in [1.82, 2.24) is 19.9 Å². The van der Waals surface area contributed by atoms with E-state index in [1.54, 1.807) is 6.07 Å². The lowest BCUT2D eigenvalue weighted by atomic mass is 9.99. The highest BCUT2D eigenvalue weighted by atomic mass is 14.9. The summed E-state index contributed by atoms with van der Waals surface area (Å²) in [5.41, 5.74) is 9.96. The van der Waals surface area contributed by atoms with Gasteiger partial charge in [-0.1, -0.05) is 103 Å². The number of nitrogens with zero attached hydrogens (tertiary/aromatic N) is 5. The number of para-hydroxylation sites is 2. The van der Waals surface area contributed by atoms with Crippen molar-refractivity contribution in [3.05, 3.63) is 145 Å². The lowest BCUT2D eigenvalue weighted by Gasteiger charge is -2.13. The second-order valence-corrected chi connectivity index (χ2v) is 9.88. The van der Waals surface area contributed by atoms with Crippen LogP contribution in [0.5, 0.6) is 0 Å². The van der Waals surface area contributed by atoms with Gasteiger partial charge in [0.05, 0.1) is 45.4 Å². The third-order valence-corrected chi connectivity index (χ3v) is 7.10. The summed E-state index contributed by atoms with van der Waals surface area (Å²) >= 11 is 0. The van der Waals surface area contributed by atoms with Gasteiger partial charge in [0.25, 0.3) is 0 Å². The second kappa shape index (κ2) is 10.9. The van der Waals surface area contributed by atoms with Crippen molar-refractivity contribution in [3.8, 4) is 62.5 Å². The quantitative estimate of drug-likeness (QED) is 0.220. The van der Waals surface area contributed by atoms with E-state index in [9.17, 15) is 5.26 Å². The van der Waals surface area contributed by atoms with Gasteiger partial charge >= 0.3 is 0 Å². The summed E-state index contributed by atoms with van der Waals surface area (Å²) in [5.74, 6) is 0.664. The molecule has 5 heteroatoms. The Bertz CT molecular complexity index is 2040. The van der Waals surface area contributed by atoms with Gasteiger partial charge < -0.3 is 0 Å². The minimum absolute atomic E-state index is 0.574. The lowest BCUT2D eigenvalue weighted by Crippen LogP contribution is -1.97. The Kier molecular flexibility index (Phi) is 6.48. The van der Waals surface area contributed by atoms with Crippen LogP contribution < -0.4 is 0 Å². The largest absolute Gasteiger partial charge is 0.244 e. The van der Waals surface area contributed by atoms with E-state index in [2.05, 4.69) is 30.3 Å². The summed E-state index contributed by atoms with van der Waals surface area (Å²) in [6.07, 6.45) is 0. The summed E-state index contributed by atoms with van der Waals surface area (Å²) < 4.78 is 0. The van der Waals surface area contributed by atoms with Crippen molar-refractivity contribution in [1.29, 1.82) is 5.26 Å². The van der Waals surface area contributed by atoms with E-state index in [-0.39, 0.29) is 0 Å². The van der Waals surface area contributed by atoms with Crippen molar-refractivity contribution in [2.75, 3.05) is 0 Å². The summed E-state index contributed by atoms with van der Waals surface area (Å²) in [4.78, 5) is 20.0. The molecule has 0 atom stereocenters. The van der Waals surface area contributed by atoms with E-state index >= 15 is 0 Å². The molecule has 0 aliphatic rings. The van der Waals surface area contributed by atoms with E-state index in [0.29, 0.717) is 11.4 Å². The molecule has 5 nitrogen and oxygen atoms in total. The molecule has 0 fully saturated rings. The van der Waals surface area contributed by atoms with E-state index in [1.807, 2.05) is 109 Å². The van der Waals surface area contributed by atoms with Crippen LogP contribution in [-0.4, -0.2) is 19.9 Å². The maximum absolute atomic E-state index is 9.54. The lowest BCUT2D eigenvalue weighted by molar-refractivity contribution is 1.18. The van der Waals surface area contributed by atoms with Crippen LogP contribution >= 0.6 is 0 Å². The number of hydrogen-bond acceptors (Lipinski definition) is 5. The molecular formula is C37H23N5. The molecule has 42 heavy (non-hydrogen) atoms. The number of fused-ring (bicyclic) bond motifs is 1. The third-order valence-electron chi connectivity index (χ3n) is 7.10. The second-order valence-electron chi connectivity index (χ2n) is 9.88. The van der Waals surface area contributed by atoms with Gasteiger partial charge in [-0.05, 0) is 36.4 Å². The average molecular weight is 538 g/mol. The minimum Gasteiger partial charge on any atom is -0.244 e. The van der Waals surface area contributed by atoms with E-state index < -0.39 is 0 Å². The molecule has 0 saturated carbocycles. The molecule has 5 aromatic carbocycles. The highest BCUT2D eigenvalue weighted by Gasteiger charge is 2.16. The molecular weight excluding hydrogens is 514 g/mol. The molecule has 0 radical (unpaired) electrons. The molecule has 0 N–H and O–H groups in total. The Balaban J connectivity index is 1.41. The number of nitriles is 1. The Labute approximate surface area is 243 Å². The summed E-state index contributed by atoms with van der Waals surface area (Å²) in [6, 6.07) is 48.0. The molecule has 0 spiro atoms. The molecule has 2 heterocycles. The van der Waals surface area contributed by atoms with Crippen LogP contribution in [0.25, 0.3) is 67.5 Å². The van der Waals surface area contributed by atoms with Crippen molar-refractivity contribution in [2.45, 2.75) is 0 Å². The van der Waals surface area contributed by atoms with E-state index in [0.717, 1.165) is 61.6 Å². The van der Waals surface area contributed by atoms with Crippen LogP contribution in [0.2, 0.25) is 0 Å². The highest BCUT2D eigenvalue weighted by molar-refractivity contribution is 5.87. The van der Waals surface area contributed by atoms with Crippen LogP contribution in [-0.2, 0) is 0 Å². The van der Waals surface area contributed by atoms with Crippen LogP contribution in [0.15, 0.2) is 140 Å². The maximum atomic E-state index is 9.54. The molecule has 0 unspecified atom stereocenters. The number of rotatable bonds is 5. The van der Waals surface area contributed by atoms with Crippen LogP contribution in [0.1, 0.15) is 5.56 Å². The molecule has 0 saturated heterocycles. The first-order chi connectivity index (χ1) is 20.7. The zero-order valence-electron chi connectivity index (χ0n) is 22.5. The van der Waals surface area contributed by atoms with Gasteiger partial charge in [-0.3, -0.25) is 0 Å². The normalized spacial score (nSPS) is 10.8. The zero-order valence-corrected chi connectivity index (χ0v) is 22.5. The predicted molar refractivity (Wildman–Crippen MR) is 167 cm³/mol. The Morgan fingerprint density at radius 3 is 1.55 bits per heavy atom. The summed E-state index contributed by atoms with van der Waals surface area (Å²) in [5, 5.41) is 9.54. The van der Waals surface area contributed by atoms with Crippen LogP contribution in [0, 0.1) is 11.3 Å².